The van der Waals surface area contributed by atoms with Gasteiger partial charge in [-0.25, -0.2) is 19.2 Å². The van der Waals surface area contributed by atoms with Crippen molar-refractivity contribution in [2.45, 2.75) is 37.6 Å². The van der Waals surface area contributed by atoms with Crippen LogP contribution in [0.1, 0.15) is 26.7 Å². The SMILES string of the molecule is CCC(CC)N(CCO)S(=O)(=O)c1cc(Br)cnc1NN. The van der Waals surface area contributed by atoms with E-state index in [4.69, 9.17) is 5.84 Å². The van der Waals surface area contributed by atoms with Crippen LogP contribution in [-0.2, 0) is 10.0 Å². The highest BCUT2D eigenvalue weighted by atomic mass is 79.9. The first-order valence-corrected chi connectivity index (χ1v) is 8.90. The van der Waals surface area contributed by atoms with E-state index >= 15 is 0 Å². The number of hydrazine groups is 1. The molecule has 1 aromatic heterocycles. The van der Waals surface area contributed by atoms with Gasteiger partial charge < -0.3 is 10.5 Å². The first-order chi connectivity index (χ1) is 9.92. The standard InChI is InChI=1S/C12H21BrN4O3S/c1-3-10(4-2)17(5-6-18)21(19,20)11-7-9(13)8-15-12(11)16-14/h7-8,10,18H,3-6,14H2,1-2H3,(H,15,16). The molecule has 0 aliphatic rings. The quantitative estimate of drug-likeness (QED) is 0.463. The topological polar surface area (TPSA) is 109 Å². The number of pyridine rings is 1. The summed E-state index contributed by atoms with van der Waals surface area (Å²) in [5, 5.41) is 9.20. The molecule has 9 heteroatoms. The number of anilines is 1. The van der Waals surface area contributed by atoms with Gasteiger partial charge in [-0.3, -0.25) is 0 Å². The summed E-state index contributed by atoms with van der Waals surface area (Å²) in [7, 11) is -3.81. The highest BCUT2D eigenvalue weighted by molar-refractivity contribution is 9.10. The zero-order valence-corrected chi connectivity index (χ0v) is 14.5. The number of rotatable bonds is 8. The molecule has 4 N–H and O–H groups in total. The summed E-state index contributed by atoms with van der Waals surface area (Å²) in [5.74, 6) is 5.43. The number of sulfonamides is 1. The maximum atomic E-state index is 12.9. The van der Waals surface area contributed by atoms with E-state index in [-0.39, 0.29) is 29.9 Å². The molecule has 21 heavy (non-hydrogen) atoms. The van der Waals surface area contributed by atoms with Crippen LogP contribution in [0.3, 0.4) is 0 Å². The summed E-state index contributed by atoms with van der Waals surface area (Å²) >= 11 is 3.21. The Kier molecular flexibility index (Phi) is 7.01. The van der Waals surface area contributed by atoms with E-state index in [0.717, 1.165) is 0 Å². The number of aliphatic hydroxyl groups excluding tert-OH is 1. The van der Waals surface area contributed by atoms with Crippen molar-refractivity contribution in [1.29, 1.82) is 0 Å². The lowest BCUT2D eigenvalue weighted by atomic mass is 10.2. The smallest absolute Gasteiger partial charge is 0.247 e. The number of nitrogens with zero attached hydrogens (tertiary/aromatic N) is 2. The third kappa shape index (κ3) is 4.13. The average molecular weight is 381 g/mol. The van der Waals surface area contributed by atoms with Gasteiger partial charge in [-0.1, -0.05) is 13.8 Å². The second-order valence-corrected chi connectivity index (χ2v) is 7.23. The molecule has 0 saturated heterocycles. The molecular weight excluding hydrogens is 360 g/mol. The maximum Gasteiger partial charge on any atom is 0.247 e. The van der Waals surface area contributed by atoms with Gasteiger partial charge in [0, 0.05) is 23.3 Å². The molecule has 0 spiro atoms. The Morgan fingerprint density at radius 3 is 2.57 bits per heavy atom. The molecule has 1 heterocycles. The molecule has 0 aliphatic carbocycles. The fourth-order valence-corrected chi connectivity index (χ4v) is 4.53. The molecule has 0 fully saturated rings. The van der Waals surface area contributed by atoms with Gasteiger partial charge >= 0.3 is 0 Å². The van der Waals surface area contributed by atoms with Crippen LogP contribution < -0.4 is 11.3 Å². The molecule has 0 bridgehead atoms. The third-order valence-corrected chi connectivity index (χ3v) is 5.61. The number of nitrogens with two attached hydrogens (primary N) is 1. The number of hydrogen-bond acceptors (Lipinski definition) is 6. The molecule has 1 aromatic rings. The normalized spacial score (nSPS) is 12.1. The van der Waals surface area contributed by atoms with Crippen molar-refractivity contribution in [3.8, 4) is 0 Å². The zero-order valence-electron chi connectivity index (χ0n) is 12.1. The summed E-state index contributed by atoms with van der Waals surface area (Å²) in [6.45, 7) is 3.61. The van der Waals surface area contributed by atoms with E-state index in [0.29, 0.717) is 17.3 Å². The van der Waals surface area contributed by atoms with Gasteiger partial charge in [0.25, 0.3) is 0 Å². The van der Waals surface area contributed by atoms with E-state index in [9.17, 15) is 13.5 Å². The molecule has 0 aromatic carbocycles. The van der Waals surface area contributed by atoms with Gasteiger partial charge in [0.1, 0.15) is 4.90 Å². The summed E-state index contributed by atoms with van der Waals surface area (Å²) in [6.07, 6.45) is 2.77. The lowest BCUT2D eigenvalue weighted by Gasteiger charge is -2.29. The van der Waals surface area contributed by atoms with Crippen LogP contribution in [0.4, 0.5) is 5.82 Å². The van der Waals surface area contributed by atoms with Crippen molar-refractivity contribution in [3.63, 3.8) is 0 Å². The van der Waals surface area contributed by atoms with Crippen molar-refractivity contribution >= 4 is 31.8 Å². The van der Waals surface area contributed by atoms with Crippen LogP contribution in [0, 0.1) is 0 Å². The Morgan fingerprint density at radius 2 is 2.10 bits per heavy atom. The monoisotopic (exact) mass is 380 g/mol. The van der Waals surface area contributed by atoms with Crippen molar-refractivity contribution in [2.75, 3.05) is 18.6 Å². The highest BCUT2D eigenvalue weighted by Gasteiger charge is 2.31. The van der Waals surface area contributed by atoms with Crippen LogP contribution in [0.25, 0.3) is 0 Å². The van der Waals surface area contributed by atoms with E-state index in [2.05, 4.69) is 26.3 Å². The minimum absolute atomic E-state index is 0.0141. The Bertz CT molecular complexity index is 564. The predicted molar refractivity (Wildman–Crippen MR) is 85.1 cm³/mol. The number of aliphatic hydroxyl groups is 1. The first kappa shape index (κ1) is 18.3. The first-order valence-electron chi connectivity index (χ1n) is 6.67. The molecule has 0 aliphatic heterocycles. The molecule has 0 amide bonds. The molecule has 0 saturated carbocycles. The Morgan fingerprint density at radius 1 is 1.48 bits per heavy atom. The van der Waals surface area contributed by atoms with Gasteiger partial charge in [0.2, 0.25) is 10.0 Å². The number of hydrogen-bond donors (Lipinski definition) is 3. The van der Waals surface area contributed by atoms with Crippen LogP contribution >= 0.6 is 15.9 Å². The van der Waals surface area contributed by atoms with E-state index in [1.165, 1.54) is 16.6 Å². The Labute approximate surface area is 133 Å². The summed E-state index contributed by atoms with van der Waals surface area (Å²) in [5.41, 5.74) is 2.30. The van der Waals surface area contributed by atoms with E-state index < -0.39 is 10.0 Å². The molecule has 0 atom stereocenters. The molecule has 0 radical (unpaired) electrons. The summed E-state index contributed by atoms with van der Waals surface area (Å²) in [4.78, 5) is 3.95. The number of nitrogens with one attached hydrogen (secondary N) is 1. The molecule has 7 nitrogen and oxygen atoms in total. The van der Waals surface area contributed by atoms with Gasteiger partial charge in [-0.05, 0) is 34.8 Å². The van der Waals surface area contributed by atoms with E-state index in [1.807, 2.05) is 13.8 Å². The van der Waals surface area contributed by atoms with Crippen LogP contribution in [0.15, 0.2) is 21.6 Å². The number of aromatic nitrogens is 1. The number of halogens is 1. The second-order valence-electron chi connectivity index (χ2n) is 4.45. The molecular formula is C12H21BrN4O3S. The minimum Gasteiger partial charge on any atom is -0.395 e. The van der Waals surface area contributed by atoms with Gasteiger partial charge in [-0.15, -0.1) is 0 Å². The molecule has 120 valence electrons. The Hall–Kier alpha value is -0.740. The van der Waals surface area contributed by atoms with Gasteiger partial charge in [0.15, 0.2) is 5.82 Å². The van der Waals surface area contributed by atoms with Crippen molar-refractivity contribution < 1.29 is 13.5 Å². The fourth-order valence-electron chi connectivity index (χ4n) is 2.15. The maximum absolute atomic E-state index is 12.9. The fraction of sp³-hybridized carbons (Fsp3) is 0.583. The van der Waals surface area contributed by atoms with Gasteiger partial charge in [-0.2, -0.15) is 4.31 Å². The van der Waals surface area contributed by atoms with Crippen LogP contribution in [0.2, 0.25) is 0 Å². The lowest BCUT2D eigenvalue weighted by Crippen LogP contribution is -2.41. The Balaban J connectivity index is 3.38. The van der Waals surface area contributed by atoms with Gasteiger partial charge in [0.05, 0.1) is 6.61 Å². The molecule has 0 unspecified atom stereocenters. The lowest BCUT2D eigenvalue weighted by molar-refractivity contribution is 0.219. The minimum atomic E-state index is -3.81. The second kappa shape index (κ2) is 8.04. The zero-order chi connectivity index (χ0) is 16.0. The van der Waals surface area contributed by atoms with Crippen molar-refractivity contribution in [3.05, 3.63) is 16.7 Å². The van der Waals surface area contributed by atoms with Crippen LogP contribution in [-0.4, -0.2) is 42.0 Å². The van der Waals surface area contributed by atoms with Crippen LogP contribution in [0.5, 0.6) is 0 Å². The van der Waals surface area contributed by atoms with Crippen molar-refractivity contribution in [1.82, 2.24) is 9.29 Å². The van der Waals surface area contributed by atoms with E-state index in [1.54, 1.807) is 0 Å². The third-order valence-electron chi connectivity index (χ3n) is 3.21. The summed E-state index contributed by atoms with van der Waals surface area (Å²) < 4.78 is 27.6. The predicted octanol–water partition coefficient (Wildman–Crippen LogP) is 1.30. The largest absolute Gasteiger partial charge is 0.395 e. The number of nitrogen functional groups attached to an aromatic ring is 1. The average Bonchev–Trinajstić information content (AvgIpc) is 2.47. The van der Waals surface area contributed by atoms with Crippen molar-refractivity contribution in [2.24, 2.45) is 5.84 Å². The summed E-state index contributed by atoms with van der Waals surface area (Å²) in [6, 6.07) is 1.26. The molecule has 1 rings (SSSR count). The highest BCUT2D eigenvalue weighted by Crippen LogP contribution is 2.27.